The predicted octanol–water partition coefficient (Wildman–Crippen LogP) is 1.88. The Hall–Kier alpha value is -2.61. The maximum atomic E-state index is 12.7. The molecule has 1 saturated carbocycles. The normalized spacial score (nSPS) is 20.8. The molecule has 2 aliphatic heterocycles. The first kappa shape index (κ1) is 20.7. The van der Waals surface area contributed by atoms with Crippen molar-refractivity contribution in [2.75, 3.05) is 32.7 Å². The average molecular weight is 433 g/mol. The molecule has 1 spiro atoms. The number of benzene rings is 1. The molecule has 1 N–H and O–H groups in total. The number of carbonyl (C=O) groups is 4. The zero-order chi connectivity index (χ0) is 21.3. The van der Waals surface area contributed by atoms with Crippen molar-refractivity contribution in [3.8, 4) is 0 Å². The number of nitrogens with zero attached hydrogens (tertiary/aromatic N) is 3. The summed E-state index contributed by atoms with van der Waals surface area (Å²) in [5, 5.41) is 3.24. The number of piperazine rings is 1. The number of nitrogens with one attached hydrogen (secondary N) is 1. The number of imide groups is 1. The first-order valence-electron chi connectivity index (χ1n) is 10.4. The summed E-state index contributed by atoms with van der Waals surface area (Å²) in [6.07, 6.45) is 3.28. The lowest BCUT2D eigenvalue weighted by molar-refractivity contribution is -0.134. The highest BCUT2D eigenvalue weighted by Gasteiger charge is 2.52. The van der Waals surface area contributed by atoms with E-state index >= 15 is 0 Å². The molecule has 3 fully saturated rings. The molecule has 30 heavy (non-hydrogen) atoms. The molecule has 9 heteroatoms. The number of hydrogen-bond donors (Lipinski definition) is 1. The molecule has 1 aliphatic carbocycles. The van der Waals surface area contributed by atoms with Crippen LogP contribution in [0.3, 0.4) is 0 Å². The van der Waals surface area contributed by atoms with E-state index in [9.17, 15) is 19.2 Å². The van der Waals surface area contributed by atoms with Crippen LogP contribution < -0.4 is 5.32 Å². The Morgan fingerprint density at radius 2 is 1.63 bits per heavy atom. The van der Waals surface area contributed by atoms with Crippen LogP contribution in [0.15, 0.2) is 24.3 Å². The highest BCUT2D eigenvalue weighted by atomic mass is 35.5. The summed E-state index contributed by atoms with van der Waals surface area (Å²) >= 11 is 6.11. The van der Waals surface area contributed by atoms with Gasteiger partial charge in [0.1, 0.15) is 5.54 Å². The summed E-state index contributed by atoms with van der Waals surface area (Å²) in [4.78, 5) is 54.7. The lowest BCUT2D eigenvalue weighted by Gasteiger charge is -2.35. The van der Waals surface area contributed by atoms with E-state index in [1.165, 1.54) is 4.90 Å². The van der Waals surface area contributed by atoms with E-state index in [1.54, 1.807) is 34.1 Å². The average Bonchev–Trinajstić information content (AvgIpc) is 3.31. The Kier molecular flexibility index (Phi) is 5.69. The molecule has 0 bridgehead atoms. The van der Waals surface area contributed by atoms with Gasteiger partial charge in [-0.3, -0.25) is 19.3 Å². The van der Waals surface area contributed by atoms with Crippen LogP contribution in [-0.4, -0.2) is 76.7 Å². The topological polar surface area (TPSA) is 90.0 Å². The second-order valence-electron chi connectivity index (χ2n) is 8.08. The highest BCUT2D eigenvalue weighted by Crippen LogP contribution is 2.35. The molecule has 2 heterocycles. The highest BCUT2D eigenvalue weighted by molar-refractivity contribution is 6.33. The van der Waals surface area contributed by atoms with Gasteiger partial charge in [-0.25, -0.2) is 4.79 Å². The first-order chi connectivity index (χ1) is 14.4. The molecular weight excluding hydrogens is 408 g/mol. The molecule has 1 aromatic carbocycles. The van der Waals surface area contributed by atoms with Crippen LogP contribution in [0, 0.1) is 0 Å². The molecule has 0 aromatic heterocycles. The van der Waals surface area contributed by atoms with E-state index in [4.69, 9.17) is 11.6 Å². The molecule has 4 rings (SSSR count). The zero-order valence-electron chi connectivity index (χ0n) is 16.7. The van der Waals surface area contributed by atoms with Crippen molar-refractivity contribution in [3.05, 3.63) is 34.9 Å². The molecule has 2 saturated heterocycles. The zero-order valence-corrected chi connectivity index (χ0v) is 17.5. The molecule has 5 amide bonds. The minimum atomic E-state index is -0.745. The van der Waals surface area contributed by atoms with Crippen molar-refractivity contribution in [1.29, 1.82) is 0 Å². The molecule has 0 atom stereocenters. The quantitative estimate of drug-likeness (QED) is 0.735. The number of halogens is 1. The van der Waals surface area contributed by atoms with Crippen LogP contribution >= 0.6 is 11.6 Å². The van der Waals surface area contributed by atoms with Gasteiger partial charge in [0, 0.05) is 39.1 Å². The van der Waals surface area contributed by atoms with Crippen LogP contribution in [0.5, 0.6) is 0 Å². The number of urea groups is 1. The summed E-state index contributed by atoms with van der Waals surface area (Å²) in [5.74, 6) is -0.463. The fourth-order valence-electron chi connectivity index (χ4n) is 4.53. The van der Waals surface area contributed by atoms with E-state index in [0.717, 1.165) is 12.8 Å². The van der Waals surface area contributed by atoms with Gasteiger partial charge >= 0.3 is 6.03 Å². The number of amides is 5. The first-order valence-corrected chi connectivity index (χ1v) is 10.7. The Labute approximate surface area is 180 Å². The maximum absolute atomic E-state index is 12.7. The number of carbonyl (C=O) groups excluding carboxylic acids is 4. The number of hydrogen-bond acceptors (Lipinski definition) is 4. The van der Waals surface area contributed by atoms with Gasteiger partial charge in [0.05, 0.1) is 10.6 Å². The summed E-state index contributed by atoms with van der Waals surface area (Å²) in [5.41, 5.74) is -0.288. The van der Waals surface area contributed by atoms with Crippen molar-refractivity contribution < 1.29 is 19.2 Å². The maximum Gasteiger partial charge on any atom is 0.325 e. The standard InChI is InChI=1S/C21H25ClN4O4/c22-16-6-2-1-5-15(16)18(28)25-13-11-24(12-14-25)17(27)7-10-26-19(29)21(23-20(26)30)8-3-4-9-21/h1-2,5-6H,3-4,7-14H2,(H,23,30). The van der Waals surface area contributed by atoms with Gasteiger partial charge in [-0.2, -0.15) is 0 Å². The minimum absolute atomic E-state index is 0.0873. The van der Waals surface area contributed by atoms with Crippen LogP contribution in [-0.2, 0) is 9.59 Å². The third-order valence-electron chi connectivity index (χ3n) is 6.28. The third kappa shape index (κ3) is 3.76. The van der Waals surface area contributed by atoms with Crippen molar-refractivity contribution >= 4 is 35.4 Å². The molecule has 1 aromatic rings. The van der Waals surface area contributed by atoms with Crippen molar-refractivity contribution in [2.24, 2.45) is 0 Å². The largest absolute Gasteiger partial charge is 0.339 e. The SMILES string of the molecule is O=C(CCN1C(=O)NC2(CCCC2)C1=O)N1CCN(C(=O)c2ccccc2Cl)CC1. The fourth-order valence-corrected chi connectivity index (χ4v) is 4.74. The molecule has 3 aliphatic rings. The van der Waals surface area contributed by atoms with Gasteiger partial charge in [0.15, 0.2) is 0 Å². The summed E-state index contributed by atoms with van der Waals surface area (Å²) in [7, 11) is 0. The second-order valence-corrected chi connectivity index (χ2v) is 8.49. The van der Waals surface area contributed by atoms with Gasteiger partial charge < -0.3 is 15.1 Å². The lowest BCUT2D eigenvalue weighted by Crippen LogP contribution is -2.51. The van der Waals surface area contributed by atoms with Gasteiger partial charge in [0.2, 0.25) is 5.91 Å². The van der Waals surface area contributed by atoms with Gasteiger partial charge in [-0.15, -0.1) is 0 Å². The Balaban J connectivity index is 1.28. The fraction of sp³-hybridized carbons (Fsp3) is 0.524. The minimum Gasteiger partial charge on any atom is -0.339 e. The summed E-state index contributed by atoms with van der Waals surface area (Å²) in [6, 6.07) is 6.52. The second kappa shape index (κ2) is 8.26. The van der Waals surface area contributed by atoms with E-state index in [0.29, 0.717) is 49.6 Å². The van der Waals surface area contributed by atoms with Gasteiger partial charge in [0.25, 0.3) is 11.8 Å². The summed E-state index contributed by atoms with van der Waals surface area (Å²) in [6.45, 7) is 1.76. The van der Waals surface area contributed by atoms with Crippen LogP contribution in [0.4, 0.5) is 4.79 Å². The Morgan fingerprint density at radius 3 is 2.30 bits per heavy atom. The lowest BCUT2D eigenvalue weighted by atomic mass is 9.98. The van der Waals surface area contributed by atoms with Crippen LogP contribution in [0.25, 0.3) is 0 Å². The van der Waals surface area contributed by atoms with E-state index in [-0.39, 0.29) is 30.7 Å². The van der Waals surface area contributed by atoms with Crippen LogP contribution in [0.1, 0.15) is 42.5 Å². The Bertz CT molecular complexity index is 876. The molecule has 8 nitrogen and oxygen atoms in total. The molecule has 160 valence electrons. The van der Waals surface area contributed by atoms with Crippen molar-refractivity contribution in [1.82, 2.24) is 20.0 Å². The smallest absolute Gasteiger partial charge is 0.325 e. The van der Waals surface area contributed by atoms with Gasteiger partial charge in [-0.1, -0.05) is 36.6 Å². The molecule has 0 unspecified atom stereocenters. The summed E-state index contributed by atoms with van der Waals surface area (Å²) < 4.78 is 0. The van der Waals surface area contributed by atoms with E-state index < -0.39 is 11.6 Å². The van der Waals surface area contributed by atoms with Gasteiger partial charge in [-0.05, 0) is 25.0 Å². The van der Waals surface area contributed by atoms with E-state index in [1.807, 2.05) is 0 Å². The third-order valence-corrected chi connectivity index (χ3v) is 6.61. The monoisotopic (exact) mass is 432 g/mol. The molecular formula is C21H25ClN4O4. The van der Waals surface area contributed by atoms with Crippen molar-refractivity contribution in [2.45, 2.75) is 37.6 Å². The Morgan fingerprint density at radius 1 is 1.00 bits per heavy atom. The van der Waals surface area contributed by atoms with E-state index in [2.05, 4.69) is 5.32 Å². The molecule has 0 radical (unpaired) electrons. The van der Waals surface area contributed by atoms with Crippen molar-refractivity contribution in [3.63, 3.8) is 0 Å². The number of rotatable bonds is 4. The predicted molar refractivity (Wildman–Crippen MR) is 110 cm³/mol. The van der Waals surface area contributed by atoms with Crippen LogP contribution in [0.2, 0.25) is 5.02 Å².